The zero-order chi connectivity index (χ0) is 27.7. The van der Waals surface area contributed by atoms with Crippen molar-refractivity contribution in [1.29, 1.82) is 0 Å². The lowest BCUT2D eigenvalue weighted by molar-refractivity contribution is -0.146. The van der Waals surface area contributed by atoms with Crippen molar-refractivity contribution in [2.24, 2.45) is 0 Å². The monoisotopic (exact) mass is 533 g/mol. The minimum Gasteiger partial charge on any atom is -0.465 e. The van der Waals surface area contributed by atoms with E-state index in [4.69, 9.17) is 9.26 Å². The number of carbonyl (C=O) groups is 1. The van der Waals surface area contributed by atoms with Gasteiger partial charge in [-0.2, -0.15) is 0 Å². The zero-order valence-electron chi connectivity index (χ0n) is 22.3. The van der Waals surface area contributed by atoms with Crippen LogP contribution in [0, 0.1) is 12.7 Å². The number of esters is 1. The first-order valence-electron chi connectivity index (χ1n) is 13.3. The van der Waals surface area contributed by atoms with Gasteiger partial charge in [-0.05, 0) is 67.1 Å². The number of pyridine rings is 1. The first kappa shape index (κ1) is 25.5. The Hall–Kier alpha value is -4.78. The Labute approximate surface area is 231 Å². The molecule has 6 rings (SSSR count). The van der Waals surface area contributed by atoms with E-state index in [1.807, 2.05) is 74.5 Å². The Kier molecular flexibility index (Phi) is 6.64. The van der Waals surface area contributed by atoms with E-state index in [9.17, 15) is 9.18 Å². The number of rotatable bonds is 8. The molecule has 0 unspecified atom stereocenters. The van der Waals surface area contributed by atoms with Crippen molar-refractivity contribution < 1.29 is 18.4 Å². The van der Waals surface area contributed by atoms with Crippen molar-refractivity contribution in [2.75, 3.05) is 11.9 Å². The predicted molar refractivity (Wildman–Crippen MR) is 153 cm³/mol. The number of nitrogens with zero attached hydrogens (tertiary/aromatic N) is 2. The molecule has 7 heteroatoms. The van der Waals surface area contributed by atoms with E-state index >= 15 is 0 Å². The van der Waals surface area contributed by atoms with Crippen LogP contribution < -0.4 is 5.32 Å². The molecule has 40 heavy (non-hydrogen) atoms. The van der Waals surface area contributed by atoms with Crippen LogP contribution in [0.15, 0.2) is 95.8 Å². The van der Waals surface area contributed by atoms with Crippen LogP contribution in [0.4, 0.5) is 15.8 Å². The highest BCUT2D eigenvalue weighted by atomic mass is 19.1. The van der Waals surface area contributed by atoms with Crippen LogP contribution in [0.3, 0.4) is 0 Å². The minimum atomic E-state index is -0.474. The number of hydrogen-bond donors (Lipinski definition) is 1. The summed E-state index contributed by atoms with van der Waals surface area (Å²) in [5.74, 6) is 0.187. The second-order valence-corrected chi connectivity index (χ2v) is 10.0. The molecular formula is C33H28FN3O3. The maximum atomic E-state index is 13.7. The van der Waals surface area contributed by atoms with Crippen LogP contribution in [-0.2, 0) is 14.9 Å². The molecule has 5 aromatic rings. The van der Waals surface area contributed by atoms with Crippen molar-refractivity contribution in [3.8, 4) is 33.6 Å². The van der Waals surface area contributed by atoms with E-state index in [-0.39, 0.29) is 11.8 Å². The molecule has 1 fully saturated rings. The summed E-state index contributed by atoms with van der Waals surface area (Å²) in [5, 5.41) is 7.57. The molecule has 3 aromatic carbocycles. The molecule has 1 saturated carbocycles. The third kappa shape index (κ3) is 4.86. The molecule has 0 spiro atoms. The van der Waals surface area contributed by atoms with E-state index in [1.54, 1.807) is 18.5 Å². The number of aryl methyl sites for hydroxylation is 1. The number of benzene rings is 3. The fourth-order valence-electron chi connectivity index (χ4n) is 4.99. The van der Waals surface area contributed by atoms with Gasteiger partial charge in [0.2, 0.25) is 0 Å². The second kappa shape index (κ2) is 10.4. The van der Waals surface area contributed by atoms with Gasteiger partial charge in [0.15, 0.2) is 5.76 Å². The quantitative estimate of drug-likeness (QED) is 0.205. The van der Waals surface area contributed by atoms with Crippen molar-refractivity contribution in [2.45, 2.75) is 32.1 Å². The van der Waals surface area contributed by atoms with Crippen molar-refractivity contribution >= 4 is 17.3 Å². The first-order chi connectivity index (χ1) is 19.5. The van der Waals surface area contributed by atoms with Crippen LogP contribution in [-0.4, -0.2) is 22.7 Å². The number of halogens is 1. The van der Waals surface area contributed by atoms with Gasteiger partial charge < -0.3 is 14.6 Å². The highest BCUT2D eigenvalue weighted by Gasteiger charge is 2.52. The predicted octanol–water partition coefficient (Wildman–Crippen LogP) is 7.86. The van der Waals surface area contributed by atoms with Gasteiger partial charge in [0.05, 0.1) is 23.9 Å². The molecule has 0 atom stereocenters. The fraction of sp³-hybridized carbons (Fsp3) is 0.182. The lowest BCUT2D eigenvalue weighted by Gasteiger charge is -2.14. The molecule has 200 valence electrons. The van der Waals surface area contributed by atoms with E-state index in [1.165, 1.54) is 12.1 Å². The number of aromatic nitrogens is 2. The molecule has 1 N–H and O–H groups in total. The third-order valence-electron chi connectivity index (χ3n) is 7.36. The Morgan fingerprint density at radius 2 is 1.62 bits per heavy atom. The summed E-state index contributed by atoms with van der Waals surface area (Å²) in [4.78, 5) is 16.8. The van der Waals surface area contributed by atoms with Gasteiger partial charge >= 0.3 is 5.97 Å². The van der Waals surface area contributed by atoms with Gasteiger partial charge in [-0.3, -0.25) is 9.78 Å². The van der Waals surface area contributed by atoms with Crippen LogP contribution in [0.25, 0.3) is 33.6 Å². The largest absolute Gasteiger partial charge is 0.465 e. The standard InChI is InChI=1S/C33H28FN3O3/c1-3-39-32(38)33(15-16-33)27-13-11-23(12-14-27)22-7-9-24(10-8-22)31-30(21(2)37-40-31)36-29-18-26(19-35-20-29)25-5-4-6-28(34)17-25/h4-14,17-20,36H,3,15-16H2,1-2H3. The number of nitrogens with one attached hydrogen (secondary N) is 1. The molecular weight excluding hydrogens is 505 g/mol. The summed E-state index contributed by atoms with van der Waals surface area (Å²) in [5.41, 5.74) is 7.25. The number of ether oxygens (including phenoxy) is 1. The summed E-state index contributed by atoms with van der Waals surface area (Å²) in [6, 6.07) is 24.6. The average Bonchev–Trinajstić information content (AvgIpc) is 3.72. The zero-order valence-corrected chi connectivity index (χ0v) is 22.3. The van der Waals surface area contributed by atoms with Gasteiger partial charge in [0.25, 0.3) is 0 Å². The Balaban J connectivity index is 1.22. The number of carbonyl (C=O) groups excluding carboxylic acids is 1. The maximum Gasteiger partial charge on any atom is 0.316 e. The Morgan fingerprint density at radius 1 is 0.925 bits per heavy atom. The maximum absolute atomic E-state index is 13.7. The van der Waals surface area contributed by atoms with E-state index in [2.05, 4.69) is 15.5 Å². The number of anilines is 2. The average molecular weight is 534 g/mol. The van der Waals surface area contributed by atoms with Crippen molar-refractivity contribution in [1.82, 2.24) is 10.1 Å². The first-order valence-corrected chi connectivity index (χ1v) is 13.3. The smallest absolute Gasteiger partial charge is 0.316 e. The summed E-state index contributed by atoms with van der Waals surface area (Å²) >= 11 is 0. The fourth-order valence-corrected chi connectivity index (χ4v) is 4.99. The molecule has 0 amide bonds. The number of hydrogen-bond acceptors (Lipinski definition) is 6. The molecule has 1 aliphatic rings. The molecule has 1 aliphatic carbocycles. The van der Waals surface area contributed by atoms with E-state index in [0.29, 0.717) is 18.1 Å². The van der Waals surface area contributed by atoms with Crippen LogP contribution in [0.2, 0.25) is 0 Å². The molecule has 6 nitrogen and oxygen atoms in total. The van der Waals surface area contributed by atoms with Gasteiger partial charge in [0.1, 0.15) is 17.2 Å². The van der Waals surface area contributed by atoms with E-state index in [0.717, 1.165) is 57.6 Å². The highest BCUT2D eigenvalue weighted by molar-refractivity contribution is 5.87. The van der Waals surface area contributed by atoms with Gasteiger partial charge in [-0.25, -0.2) is 4.39 Å². The van der Waals surface area contributed by atoms with Crippen LogP contribution in [0.5, 0.6) is 0 Å². The second-order valence-electron chi connectivity index (χ2n) is 10.0. The van der Waals surface area contributed by atoms with E-state index < -0.39 is 5.41 Å². The highest BCUT2D eigenvalue weighted by Crippen LogP contribution is 2.49. The summed E-state index contributed by atoms with van der Waals surface area (Å²) in [6.45, 7) is 4.10. The van der Waals surface area contributed by atoms with Gasteiger partial charge in [-0.15, -0.1) is 0 Å². The summed E-state index contributed by atoms with van der Waals surface area (Å²) in [6.07, 6.45) is 5.07. The van der Waals surface area contributed by atoms with Crippen LogP contribution in [0.1, 0.15) is 31.0 Å². The van der Waals surface area contributed by atoms with Crippen molar-refractivity contribution in [3.63, 3.8) is 0 Å². The molecule has 2 heterocycles. The van der Waals surface area contributed by atoms with Crippen molar-refractivity contribution in [3.05, 3.63) is 108 Å². The molecule has 0 bridgehead atoms. The molecule has 0 radical (unpaired) electrons. The molecule has 0 saturated heterocycles. The third-order valence-corrected chi connectivity index (χ3v) is 7.36. The minimum absolute atomic E-state index is 0.129. The Bertz CT molecular complexity index is 1670. The van der Waals surface area contributed by atoms with Gasteiger partial charge in [-0.1, -0.05) is 65.8 Å². The lowest BCUT2D eigenvalue weighted by Crippen LogP contribution is -2.23. The molecule has 2 aromatic heterocycles. The Morgan fingerprint density at radius 3 is 2.30 bits per heavy atom. The lowest BCUT2D eigenvalue weighted by atomic mass is 9.93. The SMILES string of the molecule is CCOC(=O)C1(c2ccc(-c3ccc(-c4onc(C)c4Nc4cncc(-c5cccc(F)c5)c4)cc3)cc2)CC1. The summed E-state index contributed by atoms with van der Waals surface area (Å²) < 4.78 is 24.7. The topological polar surface area (TPSA) is 77.2 Å². The summed E-state index contributed by atoms with van der Waals surface area (Å²) in [7, 11) is 0. The van der Waals surface area contributed by atoms with Gasteiger partial charge in [0, 0.05) is 17.3 Å². The van der Waals surface area contributed by atoms with Crippen LogP contribution >= 0.6 is 0 Å². The molecule has 0 aliphatic heterocycles. The normalized spacial score (nSPS) is 13.6.